The van der Waals surface area contributed by atoms with Gasteiger partial charge >= 0.3 is 0 Å². The van der Waals surface area contributed by atoms with Crippen LogP contribution in [0.2, 0.25) is 0 Å². The molecule has 1 amide bonds. The molecule has 0 N–H and O–H groups in total. The summed E-state index contributed by atoms with van der Waals surface area (Å²) >= 11 is 5.55. The Hall–Kier alpha value is -0.570. The predicted octanol–water partition coefficient (Wildman–Crippen LogP) is 4.44. The molecule has 0 spiro atoms. The third-order valence-corrected chi connectivity index (χ3v) is 5.77. The number of carbonyl (C=O) groups excluding carboxylic acids is 1. The number of hydrogen-bond donors (Lipinski definition) is 0. The van der Waals surface area contributed by atoms with E-state index in [0.717, 1.165) is 16.3 Å². The largest absolute Gasteiger partial charge is 0.280 e. The van der Waals surface area contributed by atoms with Gasteiger partial charge in [0, 0.05) is 17.9 Å². The molecular weight excluding hydrogens is 499 g/mol. The van der Waals surface area contributed by atoms with Crippen molar-refractivity contribution in [3.8, 4) is 0 Å². The number of rotatable bonds is 5. The van der Waals surface area contributed by atoms with Crippen LogP contribution in [0.15, 0.2) is 28.9 Å². The molecule has 9 heteroatoms. The molecule has 0 aliphatic rings. The van der Waals surface area contributed by atoms with Crippen LogP contribution >= 0.6 is 44.3 Å². The standard InChI is InChI=1S/C13H13BrFIN3O2P.CH4/c1-18(21-2)13(20)10-7-17-19(22-16)12(10)5-8-3-4-9(15)6-11(8)14;/h3-4,6-7,22H,5H2,1-2H3;1H4. The van der Waals surface area contributed by atoms with Crippen LogP contribution in [0.5, 0.6) is 0 Å². The van der Waals surface area contributed by atoms with Crippen LogP contribution in [0.1, 0.15) is 29.0 Å². The Morgan fingerprint density at radius 3 is 2.83 bits per heavy atom. The van der Waals surface area contributed by atoms with Crippen molar-refractivity contribution in [2.75, 3.05) is 14.2 Å². The van der Waals surface area contributed by atoms with Crippen LogP contribution in [0.4, 0.5) is 4.39 Å². The second-order valence-corrected chi connectivity index (χ2v) is 7.29. The van der Waals surface area contributed by atoms with Crippen LogP contribution in [0, 0.1) is 5.82 Å². The lowest BCUT2D eigenvalue weighted by molar-refractivity contribution is -0.0757. The van der Waals surface area contributed by atoms with E-state index >= 15 is 0 Å². The molecule has 5 nitrogen and oxygen atoms in total. The van der Waals surface area contributed by atoms with E-state index in [2.05, 4.69) is 43.1 Å². The van der Waals surface area contributed by atoms with Gasteiger partial charge in [0.05, 0.1) is 30.9 Å². The van der Waals surface area contributed by atoms with Gasteiger partial charge in [-0.15, -0.1) is 0 Å². The summed E-state index contributed by atoms with van der Waals surface area (Å²) in [5, 5.41) is 5.40. The van der Waals surface area contributed by atoms with E-state index in [1.165, 1.54) is 25.4 Å². The molecule has 0 saturated carbocycles. The zero-order valence-electron chi connectivity index (χ0n) is 11.8. The summed E-state index contributed by atoms with van der Waals surface area (Å²) in [5.74, 6) is -0.577. The maximum absolute atomic E-state index is 13.2. The van der Waals surface area contributed by atoms with Gasteiger partial charge in [0.15, 0.2) is 0 Å². The SMILES string of the molecule is C.CON(C)C(=O)c1cnn(PI)c1Cc1ccc(F)cc1Br. The Morgan fingerprint density at radius 2 is 2.26 bits per heavy atom. The molecule has 0 bridgehead atoms. The van der Waals surface area contributed by atoms with Crippen molar-refractivity contribution in [2.45, 2.75) is 13.8 Å². The minimum absolute atomic E-state index is 0. The second kappa shape index (κ2) is 9.05. The topological polar surface area (TPSA) is 47.4 Å². The lowest BCUT2D eigenvalue weighted by Crippen LogP contribution is -2.26. The van der Waals surface area contributed by atoms with Crippen LogP contribution in [0.3, 0.4) is 0 Å². The Balaban J connectivity index is 0.00000264. The maximum Gasteiger partial charge on any atom is 0.280 e. The lowest BCUT2D eigenvalue weighted by atomic mass is 10.1. The molecule has 2 rings (SSSR count). The van der Waals surface area contributed by atoms with E-state index in [-0.39, 0.29) is 19.2 Å². The van der Waals surface area contributed by atoms with Gasteiger partial charge in [0.2, 0.25) is 0 Å². The zero-order chi connectivity index (χ0) is 16.3. The smallest absolute Gasteiger partial charge is 0.274 e. The Labute approximate surface area is 158 Å². The lowest BCUT2D eigenvalue weighted by Gasteiger charge is -2.14. The van der Waals surface area contributed by atoms with Crippen LogP contribution < -0.4 is 0 Å². The first-order valence-corrected chi connectivity index (χ1v) is 11.0. The highest BCUT2D eigenvalue weighted by molar-refractivity contribution is 14.2. The van der Waals surface area contributed by atoms with E-state index in [1.807, 2.05) is 0 Å². The molecule has 0 fully saturated rings. The fraction of sp³-hybridized carbons (Fsp3) is 0.286. The molecule has 0 radical (unpaired) electrons. The van der Waals surface area contributed by atoms with Crippen molar-refractivity contribution in [3.63, 3.8) is 0 Å². The minimum Gasteiger partial charge on any atom is -0.274 e. The van der Waals surface area contributed by atoms with Crippen molar-refractivity contribution < 1.29 is 14.0 Å². The Bertz CT molecular complexity index is 699. The molecule has 23 heavy (non-hydrogen) atoms. The van der Waals surface area contributed by atoms with Crippen molar-refractivity contribution in [1.82, 2.24) is 14.6 Å². The van der Waals surface area contributed by atoms with Crippen molar-refractivity contribution in [3.05, 3.63) is 51.5 Å². The molecule has 2 aromatic rings. The average molecular weight is 516 g/mol. The van der Waals surface area contributed by atoms with E-state index in [0.29, 0.717) is 22.8 Å². The molecule has 126 valence electrons. The monoisotopic (exact) mass is 515 g/mol. The highest BCUT2D eigenvalue weighted by Crippen LogP contribution is 2.30. The van der Waals surface area contributed by atoms with Crippen molar-refractivity contribution >= 4 is 50.3 Å². The maximum atomic E-state index is 13.2. The number of hydrogen-bond acceptors (Lipinski definition) is 3. The van der Waals surface area contributed by atoms with E-state index in [9.17, 15) is 9.18 Å². The highest BCUT2D eigenvalue weighted by atomic mass is 127. The number of aromatic nitrogens is 2. The molecular formula is C14H17BrFIN3O2P. The van der Waals surface area contributed by atoms with Gasteiger partial charge in [-0.25, -0.2) is 13.9 Å². The fourth-order valence-corrected chi connectivity index (χ4v) is 4.03. The molecule has 1 aromatic carbocycles. The quantitative estimate of drug-likeness (QED) is 0.336. The van der Waals surface area contributed by atoms with Crippen LogP contribution in [0.25, 0.3) is 0 Å². The first-order chi connectivity index (χ1) is 10.5. The number of nitrogens with zero attached hydrogens (tertiary/aromatic N) is 3. The normalized spacial score (nSPS) is 10.8. The fourth-order valence-electron chi connectivity index (χ4n) is 1.89. The summed E-state index contributed by atoms with van der Waals surface area (Å²) in [6.45, 7) is 0. The third kappa shape index (κ3) is 4.71. The van der Waals surface area contributed by atoms with Gasteiger partial charge in [0.1, 0.15) is 5.82 Å². The van der Waals surface area contributed by atoms with Crippen LogP contribution in [-0.4, -0.2) is 34.7 Å². The van der Waals surface area contributed by atoms with E-state index < -0.39 is 0 Å². The number of halogens is 3. The van der Waals surface area contributed by atoms with E-state index in [4.69, 9.17) is 4.84 Å². The van der Waals surface area contributed by atoms with Gasteiger partial charge in [-0.1, -0.05) is 29.4 Å². The zero-order valence-corrected chi connectivity index (χ0v) is 16.6. The Kier molecular flexibility index (Phi) is 8.06. The first kappa shape index (κ1) is 20.5. The average Bonchev–Trinajstić information content (AvgIpc) is 2.91. The van der Waals surface area contributed by atoms with Crippen LogP contribution in [-0.2, 0) is 11.3 Å². The molecule has 0 saturated heterocycles. The Morgan fingerprint density at radius 1 is 1.57 bits per heavy atom. The number of hydroxylamine groups is 2. The van der Waals surface area contributed by atoms with Crippen molar-refractivity contribution in [2.24, 2.45) is 0 Å². The summed E-state index contributed by atoms with van der Waals surface area (Å²) in [4.78, 5) is 17.3. The highest BCUT2D eigenvalue weighted by Gasteiger charge is 2.21. The van der Waals surface area contributed by atoms with Gasteiger partial charge in [-0.2, -0.15) is 5.10 Å². The molecule has 1 atom stereocenters. The van der Waals surface area contributed by atoms with Gasteiger partial charge in [-0.3, -0.25) is 9.63 Å². The summed E-state index contributed by atoms with van der Waals surface area (Å²) in [5.41, 5.74) is 2.13. The van der Waals surface area contributed by atoms with Crippen molar-refractivity contribution in [1.29, 1.82) is 0 Å². The molecule has 1 heterocycles. The number of carbonyl (C=O) groups is 1. The van der Waals surface area contributed by atoms with Gasteiger partial charge in [0.25, 0.3) is 5.91 Å². The number of amides is 1. The minimum atomic E-state index is -0.310. The van der Waals surface area contributed by atoms with Gasteiger partial charge in [-0.05, 0) is 39.7 Å². The third-order valence-electron chi connectivity index (χ3n) is 3.11. The second-order valence-electron chi connectivity index (χ2n) is 4.40. The summed E-state index contributed by atoms with van der Waals surface area (Å²) in [6.07, 6.45) is 2.36. The molecule has 1 unspecified atom stereocenters. The van der Waals surface area contributed by atoms with E-state index in [1.54, 1.807) is 17.6 Å². The van der Waals surface area contributed by atoms with Gasteiger partial charge < -0.3 is 0 Å². The summed E-state index contributed by atoms with van der Waals surface area (Å²) in [7, 11) is 2.97. The predicted molar refractivity (Wildman–Crippen MR) is 103 cm³/mol. The molecule has 0 aliphatic heterocycles. The molecule has 1 aromatic heterocycles. The molecule has 0 aliphatic carbocycles. The number of benzene rings is 1. The summed E-state index contributed by atoms with van der Waals surface area (Å²) < 4.78 is 15.6. The summed E-state index contributed by atoms with van der Waals surface area (Å²) in [6, 6.07) is 4.50. The first-order valence-electron chi connectivity index (χ1n) is 6.17.